The zero-order valence-corrected chi connectivity index (χ0v) is 11.9. The second-order valence-corrected chi connectivity index (χ2v) is 5.08. The van der Waals surface area contributed by atoms with Crippen molar-refractivity contribution in [1.82, 2.24) is 14.7 Å². The predicted molar refractivity (Wildman–Crippen MR) is 75.9 cm³/mol. The fraction of sp³-hybridized carbons (Fsp3) is 0.417. The van der Waals surface area contributed by atoms with E-state index in [1.54, 1.807) is 0 Å². The van der Waals surface area contributed by atoms with Crippen LogP contribution < -0.4 is 5.32 Å². The van der Waals surface area contributed by atoms with Crippen LogP contribution in [0.3, 0.4) is 0 Å². The number of pyridine rings is 1. The highest BCUT2D eigenvalue weighted by Gasteiger charge is 2.08. The number of hydrogen-bond acceptors (Lipinski definition) is 3. The summed E-state index contributed by atoms with van der Waals surface area (Å²) in [5.41, 5.74) is 2.14. The van der Waals surface area contributed by atoms with Gasteiger partial charge in [-0.3, -0.25) is 4.40 Å². The van der Waals surface area contributed by atoms with Gasteiger partial charge in [-0.15, -0.1) is 0 Å². The SMILES string of the molecule is CC[C@@H](CO)NCc1cccn2c(I)cnc12. The van der Waals surface area contributed by atoms with E-state index in [1.807, 2.05) is 18.5 Å². The molecule has 0 amide bonds. The first-order chi connectivity index (χ1) is 8.26. The first-order valence-corrected chi connectivity index (χ1v) is 6.78. The van der Waals surface area contributed by atoms with Gasteiger partial charge in [-0.2, -0.15) is 0 Å². The largest absolute Gasteiger partial charge is 0.395 e. The van der Waals surface area contributed by atoms with Gasteiger partial charge in [0.2, 0.25) is 0 Å². The molecule has 2 heterocycles. The zero-order valence-electron chi connectivity index (χ0n) is 9.73. The van der Waals surface area contributed by atoms with Gasteiger partial charge in [0.15, 0.2) is 0 Å². The Kier molecular flexibility index (Phi) is 4.36. The summed E-state index contributed by atoms with van der Waals surface area (Å²) in [4.78, 5) is 4.40. The lowest BCUT2D eigenvalue weighted by molar-refractivity contribution is 0.238. The molecule has 0 saturated heterocycles. The summed E-state index contributed by atoms with van der Waals surface area (Å²) in [6.07, 6.45) is 4.80. The molecule has 0 spiro atoms. The summed E-state index contributed by atoms with van der Waals surface area (Å²) in [6, 6.07) is 4.24. The molecule has 5 heteroatoms. The van der Waals surface area contributed by atoms with Crippen molar-refractivity contribution in [2.24, 2.45) is 0 Å². The molecule has 0 bridgehead atoms. The minimum absolute atomic E-state index is 0.157. The molecule has 2 aromatic rings. The Bertz CT molecular complexity index is 493. The lowest BCUT2D eigenvalue weighted by Gasteiger charge is -2.14. The van der Waals surface area contributed by atoms with Crippen LogP contribution in [0.4, 0.5) is 0 Å². The van der Waals surface area contributed by atoms with E-state index in [4.69, 9.17) is 5.11 Å². The van der Waals surface area contributed by atoms with Gasteiger partial charge in [0, 0.05) is 24.3 Å². The van der Waals surface area contributed by atoms with Crippen molar-refractivity contribution in [3.8, 4) is 0 Å². The molecule has 0 radical (unpaired) electrons. The minimum Gasteiger partial charge on any atom is -0.395 e. The topological polar surface area (TPSA) is 49.6 Å². The Labute approximate surface area is 114 Å². The molecule has 17 heavy (non-hydrogen) atoms. The third kappa shape index (κ3) is 2.78. The third-order valence-electron chi connectivity index (χ3n) is 2.87. The van der Waals surface area contributed by atoms with Crippen LogP contribution >= 0.6 is 22.6 Å². The van der Waals surface area contributed by atoms with Crippen molar-refractivity contribution in [3.63, 3.8) is 0 Å². The number of rotatable bonds is 5. The van der Waals surface area contributed by atoms with E-state index >= 15 is 0 Å². The number of aliphatic hydroxyl groups excluding tert-OH is 1. The van der Waals surface area contributed by atoms with E-state index in [0.29, 0.717) is 0 Å². The molecule has 0 saturated carbocycles. The summed E-state index contributed by atoms with van der Waals surface area (Å²) in [7, 11) is 0. The maximum Gasteiger partial charge on any atom is 0.142 e. The Morgan fingerprint density at radius 3 is 3.12 bits per heavy atom. The second-order valence-electron chi connectivity index (χ2n) is 3.98. The lowest BCUT2D eigenvalue weighted by atomic mass is 10.2. The van der Waals surface area contributed by atoms with Crippen molar-refractivity contribution in [3.05, 3.63) is 33.8 Å². The van der Waals surface area contributed by atoms with Crippen LogP contribution in [0, 0.1) is 3.70 Å². The molecule has 2 N–H and O–H groups in total. The Balaban J connectivity index is 2.18. The van der Waals surface area contributed by atoms with Crippen LogP contribution in [-0.4, -0.2) is 27.1 Å². The van der Waals surface area contributed by atoms with Gasteiger partial charge in [-0.25, -0.2) is 4.98 Å². The highest BCUT2D eigenvalue weighted by molar-refractivity contribution is 14.1. The van der Waals surface area contributed by atoms with Gasteiger partial charge in [0.05, 0.1) is 12.8 Å². The number of hydrogen-bond donors (Lipinski definition) is 2. The molecule has 0 aliphatic heterocycles. The van der Waals surface area contributed by atoms with Crippen LogP contribution in [-0.2, 0) is 6.54 Å². The van der Waals surface area contributed by atoms with Crippen molar-refractivity contribution in [1.29, 1.82) is 0 Å². The molecule has 0 aromatic carbocycles. The van der Waals surface area contributed by atoms with E-state index < -0.39 is 0 Å². The van der Waals surface area contributed by atoms with Crippen LogP contribution in [0.1, 0.15) is 18.9 Å². The van der Waals surface area contributed by atoms with E-state index in [-0.39, 0.29) is 12.6 Å². The summed E-state index contributed by atoms with van der Waals surface area (Å²) in [5, 5.41) is 12.5. The number of nitrogens with zero attached hydrogens (tertiary/aromatic N) is 2. The van der Waals surface area contributed by atoms with E-state index in [1.165, 1.54) is 0 Å². The van der Waals surface area contributed by atoms with E-state index in [2.05, 4.69) is 50.3 Å². The van der Waals surface area contributed by atoms with Crippen LogP contribution in [0.15, 0.2) is 24.5 Å². The van der Waals surface area contributed by atoms with Gasteiger partial charge < -0.3 is 10.4 Å². The van der Waals surface area contributed by atoms with Crippen molar-refractivity contribution >= 4 is 28.2 Å². The molecular weight excluding hydrogens is 329 g/mol. The molecule has 1 atom stereocenters. The summed E-state index contributed by atoms with van der Waals surface area (Å²) < 4.78 is 3.17. The Morgan fingerprint density at radius 1 is 1.59 bits per heavy atom. The van der Waals surface area contributed by atoms with Gasteiger partial charge in [0.25, 0.3) is 0 Å². The Hall–Kier alpha value is -0.660. The number of aliphatic hydroxyl groups is 1. The highest BCUT2D eigenvalue weighted by atomic mass is 127. The summed E-state index contributed by atoms with van der Waals surface area (Å²) in [5.74, 6) is 0. The third-order valence-corrected chi connectivity index (χ3v) is 3.66. The smallest absolute Gasteiger partial charge is 0.142 e. The molecule has 0 aliphatic rings. The molecule has 0 aliphatic carbocycles. The standard InChI is InChI=1S/C12H16IN3O/c1-2-10(8-17)14-6-9-4-3-5-16-11(13)7-15-12(9)16/h3-5,7,10,14,17H,2,6,8H2,1H3/t10-/m0/s1. The first-order valence-electron chi connectivity index (χ1n) is 5.71. The summed E-state index contributed by atoms with van der Waals surface area (Å²) in [6.45, 7) is 2.97. The molecule has 0 unspecified atom stereocenters. The van der Waals surface area contributed by atoms with Crippen LogP contribution in [0.2, 0.25) is 0 Å². The summed E-state index contributed by atoms with van der Waals surface area (Å²) >= 11 is 2.27. The van der Waals surface area contributed by atoms with Gasteiger partial charge in [-0.05, 0) is 35.1 Å². The van der Waals surface area contributed by atoms with E-state index in [9.17, 15) is 0 Å². The van der Waals surface area contributed by atoms with Crippen LogP contribution in [0.5, 0.6) is 0 Å². The van der Waals surface area contributed by atoms with Crippen molar-refractivity contribution in [2.75, 3.05) is 6.61 Å². The van der Waals surface area contributed by atoms with Crippen LogP contribution in [0.25, 0.3) is 5.65 Å². The monoisotopic (exact) mass is 345 g/mol. The molecule has 2 rings (SSSR count). The molecule has 0 fully saturated rings. The number of halogens is 1. The van der Waals surface area contributed by atoms with Gasteiger partial charge in [0.1, 0.15) is 9.35 Å². The molecule has 2 aromatic heterocycles. The highest BCUT2D eigenvalue weighted by Crippen LogP contribution is 2.13. The van der Waals surface area contributed by atoms with Crippen molar-refractivity contribution < 1.29 is 5.11 Å². The fourth-order valence-electron chi connectivity index (χ4n) is 1.77. The average Bonchev–Trinajstić information content (AvgIpc) is 2.73. The quantitative estimate of drug-likeness (QED) is 0.813. The maximum atomic E-state index is 9.14. The maximum absolute atomic E-state index is 9.14. The molecule has 92 valence electrons. The number of imidazole rings is 1. The molecular formula is C12H16IN3O. The number of aromatic nitrogens is 2. The normalized spacial score (nSPS) is 13.1. The van der Waals surface area contributed by atoms with E-state index in [0.717, 1.165) is 27.9 Å². The van der Waals surface area contributed by atoms with Crippen molar-refractivity contribution in [2.45, 2.75) is 25.9 Å². The Morgan fingerprint density at radius 2 is 2.41 bits per heavy atom. The molecule has 4 nitrogen and oxygen atoms in total. The first kappa shape index (κ1) is 12.8. The second kappa shape index (κ2) is 5.79. The average molecular weight is 345 g/mol. The van der Waals surface area contributed by atoms with Gasteiger partial charge in [-0.1, -0.05) is 13.0 Å². The van der Waals surface area contributed by atoms with Gasteiger partial charge >= 0.3 is 0 Å². The minimum atomic E-state index is 0.157. The fourth-order valence-corrected chi connectivity index (χ4v) is 2.30. The lowest BCUT2D eigenvalue weighted by Crippen LogP contribution is -2.31. The zero-order chi connectivity index (χ0) is 12.3. The number of fused-ring (bicyclic) bond motifs is 1. The number of nitrogens with one attached hydrogen (secondary N) is 1. The predicted octanol–water partition coefficient (Wildman–Crippen LogP) is 1.80.